The fourth-order valence-electron chi connectivity index (χ4n) is 4.01. The molecule has 0 saturated heterocycles. The maximum absolute atomic E-state index is 6.30. The SMILES string of the molecule is CCc1cc(N(C)c2ccc3oc(-c4ccccc4-c4nn[nH]n4)c(Br)c3c2)c(I)c(CC)n1.Cl. The highest BCUT2D eigenvalue weighted by atomic mass is 127. The lowest BCUT2D eigenvalue weighted by molar-refractivity contribution is 0.630. The minimum atomic E-state index is 0. The quantitative estimate of drug-likeness (QED) is 0.191. The summed E-state index contributed by atoms with van der Waals surface area (Å²) in [4.78, 5) is 7.02. The van der Waals surface area contributed by atoms with Gasteiger partial charge in [0, 0.05) is 34.9 Å². The zero-order valence-electron chi connectivity index (χ0n) is 19.3. The number of H-pyrrole nitrogens is 1. The van der Waals surface area contributed by atoms with Crippen LogP contribution in [0.4, 0.5) is 11.4 Å². The van der Waals surface area contributed by atoms with E-state index >= 15 is 0 Å². The van der Waals surface area contributed by atoms with Crippen LogP contribution >= 0.6 is 50.9 Å². The predicted octanol–water partition coefficient (Wildman–Crippen LogP) is 7.36. The lowest BCUT2D eigenvalue weighted by atomic mass is 10.0. The van der Waals surface area contributed by atoms with Gasteiger partial charge in [-0.2, -0.15) is 5.21 Å². The molecule has 3 heterocycles. The van der Waals surface area contributed by atoms with Gasteiger partial charge < -0.3 is 9.32 Å². The van der Waals surface area contributed by atoms with Crippen molar-refractivity contribution in [2.75, 3.05) is 11.9 Å². The van der Waals surface area contributed by atoms with Gasteiger partial charge in [0.05, 0.1) is 19.4 Å². The van der Waals surface area contributed by atoms with Crippen molar-refractivity contribution < 1.29 is 4.42 Å². The van der Waals surface area contributed by atoms with E-state index in [9.17, 15) is 0 Å². The Morgan fingerprint density at radius 1 is 1.06 bits per heavy atom. The van der Waals surface area contributed by atoms with E-state index in [0.29, 0.717) is 5.82 Å². The van der Waals surface area contributed by atoms with Gasteiger partial charge in [0.25, 0.3) is 0 Å². The van der Waals surface area contributed by atoms with E-state index in [1.807, 2.05) is 30.3 Å². The minimum Gasteiger partial charge on any atom is -0.455 e. The third-order valence-corrected chi connectivity index (χ3v) is 7.84. The van der Waals surface area contributed by atoms with Crippen molar-refractivity contribution in [1.29, 1.82) is 0 Å². The number of halogens is 3. The number of pyridine rings is 1. The molecule has 0 aliphatic rings. The average molecular weight is 666 g/mol. The van der Waals surface area contributed by atoms with Gasteiger partial charge in [-0.25, -0.2) is 0 Å². The molecule has 10 heteroatoms. The molecule has 5 rings (SSSR count). The van der Waals surface area contributed by atoms with E-state index < -0.39 is 0 Å². The van der Waals surface area contributed by atoms with Gasteiger partial charge >= 0.3 is 0 Å². The van der Waals surface area contributed by atoms with Crippen LogP contribution in [0.2, 0.25) is 0 Å². The summed E-state index contributed by atoms with van der Waals surface area (Å²) in [6, 6.07) is 16.3. The lowest BCUT2D eigenvalue weighted by Gasteiger charge is -2.23. The molecule has 5 aromatic rings. The van der Waals surface area contributed by atoms with Crippen LogP contribution in [0.5, 0.6) is 0 Å². The van der Waals surface area contributed by atoms with Crippen molar-refractivity contribution in [3.63, 3.8) is 0 Å². The molecule has 2 aromatic carbocycles. The summed E-state index contributed by atoms with van der Waals surface area (Å²) < 4.78 is 8.37. The highest BCUT2D eigenvalue weighted by Gasteiger charge is 2.20. The number of rotatable bonds is 6. The van der Waals surface area contributed by atoms with Gasteiger partial charge in [0.15, 0.2) is 0 Å². The Labute approximate surface area is 231 Å². The summed E-state index contributed by atoms with van der Waals surface area (Å²) in [5, 5.41) is 15.5. The Morgan fingerprint density at radius 3 is 2.51 bits per heavy atom. The predicted molar refractivity (Wildman–Crippen MR) is 154 cm³/mol. The van der Waals surface area contributed by atoms with Crippen molar-refractivity contribution in [3.05, 3.63) is 68.0 Å². The zero-order valence-corrected chi connectivity index (χ0v) is 23.9. The van der Waals surface area contributed by atoms with Gasteiger partial charge in [0.1, 0.15) is 11.3 Å². The van der Waals surface area contributed by atoms with Gasteiger partial charge in [-0.3, -0.25) is 4.98 Å². The topological polar surface area (TPSA) is 83.7 Å². The van der Waals surface area contributed by atoms with Crippen LogP contribution in [-0.4, -0.2) is 32.7 Å². The first kappa shape index (κ1) is 25.6. The number of furan rings is 1. The monoisotopic (exact) mass is 664 g/mol. The van der Waals surface area contributed by atoms with E-state index in [-0.39, 0.29) is 12.4 Å². The first-order valence-corrected chi connectivity index (χ1v) is 12.9. The summed E-state index contributed by atoms with van der Waals surface area (Å²) >= 11 is 6.21. The number of benzene rings is 2. The van der Waals surface area contributed by atoms with E-state index in [4.69, 9.17) is 9.40 Å². The van der Waals surface area contributed by atoms with Crippen molar-refractivity contribution >= 4 is 73.3 Å². The Kier molecular flexibility index (Phi) is 7.77. The van der Waals surface area contributed by atoms with E-state index in [1.54, 1.807) is 0 Å². The van der Waals surface area contributed by atoms with Crippen LogP contribution in [-0.2, 0) is 12.8 Å². The molecule has 0 bridgehead atoms. The summed E-state index contributed by atoms with van der Waals surface area (Å²) in [6.07, 6.45) is 1.81. The van der Waals surface area contributed by atoms with Crippen molar-refractivity contribution in [1.82, 2.24) is 25.6 Å². The van der Waals surface area contributed by atoms with Crippen LogP contribution in [0.25, 0.3) is 33.7 Å². The van der Waals surface area contributed by atoms with Gasteiger partial charge in [-0.1, -0.05) is 38.1 Å². The fourth-order valence-corrected chi connectivity index (χ4v) is 5.64. The highest BCUT2D eigenvalue weighted by molar-refractivity contribution is 14.1. The number of fused-ring (bicyclic) bond motifs is 1. The third kappa shape index (κ3) is 4.68. The fraction of sp³-hybridized carbons (Fsp3) is 0.200. The molecule has 7 nitrogen and oxygen atoms in total. The first-order valence-electron chi connectivity index (χ1n) is 11.0. The van der Waals surface area contributed by atoms with Crippen LogP contribution in [0.3, 0.4) is 0 Å². The Bertz CT molecular complexity index is 1490. The van der Waals surface area contributed by atoms with E-state index in [1.165, 1.54) is 3.57 Å². The average Bonchev–Trinajstić information content (AvgIpc) is 3.52. The van der Waals surface area contributed by atoms with Gasteiger partial charge in [-0.15, -0.1) is 22.6 Å². The van der Waals surface area contributed by atoms with Crippen molar-refractivity contribution in [3.8, 4) is 22.7 Å². The maximum atomic E-state index is 6.30. The van der Waals surface area contributed by atoms with Crippen LogP contribution < -0.4 is 4.90 Å². The second-order valence-electron chi connectivity index (χ2n) is 7.87. The van der Waals surface area contributed by atoms with E-state index in [0.717, 1.165) is 67.9 Å². The van der Waals surface area contributed by atoms with Gasteiger partial charge in [0.2, 0.25) is 5.82 Å². The standard InChI is InChI=1S/C25H22BrIN6O.ClH/c1-4-14-12-20(23(27)19(5-2)28-14)33(3)15-10-11-21-18(13-15)22(26)24(34-21)16-8-6-7-9-17(16)25-29-31-32-30-25;/h6-13H,4-5H2,1-3H3,(H,29,30,31,32);1H. The molecule has 0 amide bonds. The Balaban J connectivity index is 0.00000289. The number of nitrogens with one attached hydrogen (secondary N) is 1. The number of hydrogen-bond donors (Lipinski definition) is 1. The molecular formula is C25H23BrClIN6O. The highest BCUT2D eigenvalue weighted by Crippen LogP contribution is 2.42. The number of tetrazole rings is 1. The number of aromatic nitrogens is 5. The molecule has 35 heavy (non-hydrogen) atoms. The molecule has 0 aliphatic heterocycles. The normalized spacial score (nSPS) is 11.0. The molecular weight excluding hydrogens is 643 g/mol. The van der Waals surface area contributed by atoms with E-state index in [2.05, 4.69) is 103 Å². The number of aromatic amines is 1. The smallest absolute Gasteiger partial charge is 0.205 e. The number of anilines is 2. The zero-order chi connectivity index (χ0) is 23.8. The Morgan fingerprint density at radius 2 is 1.83 bits per heavy atom. The second kappa shape index (κ2) is 10.6. The number of hydrogen-bond acceptors (Lipinski definition) is 6. The summed E-state index contributed by atoms with van der Waals surface area (Å²) in [7, 11) is 2.10. The second-order valence-corrected chi connectivity index (χ2v) is 9.74. The van der Waals surface area contributed by atoms with Crippen LogP contribution in [0.1, 0.15) is 25.2 Å². The number of aryl methyl sites for hydroxylation is 2. The number of nitrogens with zero attached hydrogens (tertiary/aromatic N) is 5. The summed E-state index contributed by atoms with van der Waals surface area (Å²) in [5.74, 6) is 1.25. The van der Waals surface area contributed by atoms with Crippen molar-refractivity contribution in [2.45, 2.75) is 26.7 Å². The molecule has 0 saturated carbocycles. The third-order valence-electron chi connectivity index (χ3n) is 5.87. The molecule has 180 valence electrons. The molecule has 0 fully saturated rings. The Hall–Kier alpha value is -2.50. The molecule has 1 N–H and O–H groups in total. The maximum Gasteiger partial charge on any atom is 0.205 e. The van der Waals surface area contributed by atoms with Crippen LogP contribution in [0.15, 0.2) is 57.4 Å². The molecule has 3 aromatic heterocycles. The molecule has 0 unspecified atom stereocenters. The lowest BCUT2D eigenvalue weighted by Crippen LogP contribution is -2.13. The molecule has 0 spiro atoms. The largest absolute Gasteiger partial charge is 0.455 e. The van der Waals surface area contributed by atoms with Gasteiger partial charge in [-0.05, 0) is 80.8 Å². The van der Waals surface area contributed by atoms with Crippen molar-refractivity contribution in [2.24, 2.45) is 0 Å². The van der Waals surface area contributed by atoms with Crippen LogP contribution in [0, 0.1) is 3.57 Å². The molecule has 0 radical (unpaired) electrons. The molecule has 0 atom stereocenters. The first-order chi connectivity index (χ1) is 16.5. The minimum absolute atomic E-state index is 0. The molecule has 0 aliphatic carbocycles. The summed E-state index contributed by atoms with van der Waals surface area (Å²) in [6.45, 7) is 4.29. The summed E-state index contributed by atoms with van der Waals surface area (Å²) in [5.41, 5.74) is 7.00.